The number of fused-ring (bicyclic) bond motifs is 1. The minimum Gasteiger partial charge on any atom is -0.488 e. The number of pyridine rings is 1. The highest BCUT2D eigenvalue weighted by Crippen LogP contribution is 2.35. The largest absolute Gasteiger partial charge is 0.488 e. The molecule has 0 radical (unpaired) electrons. The van der Waals surface area contributed by atoms with Crippen molar-refractivity contribution in [3.8, 4) is 11.6 Å². The third kappa shape index (κ3) is 7.51. The fourth-order valence-corrected chi connectivity index (χ4v) is 5.41. The zero-order chi connectivity index (χ0) is 29.7. The van der Waals surface area contributed by atoms with Crippen molar-refractivity contribution in [1.82, 2.24) is 15.2 Å². The van der Waals surface area contributed by atoms with Crippen LogP contribution in [0.2, 0.25) is 5.02 Å². The number of hydrogen-bond donors (Lipinski definition) is 1. The van der Waals surface area contributed by atoms with Crippen LogP contribution in [0.3, 0.4) is 0 Å². The second-order valence-corrected chi connectivity index (χ2v) is 11.5. The maximum absolute atomic E-state index is 14.1. The number of aromatic nitrogens is 1. The Labute approximate surface area is 244 Å². The third-order valence-electron chi connectivity index (χ3n) is 7.01. The molecule has 0 aliphatic carbocycles. The number of likely N-dealkylation sites (tertiary alicyclic amines) is 1. The van der Waals surface area contributed by atoms with Gasteiger partial charge < -0.3 is 33.9 Å². The van der Waals surface area contributed by atoms with Crippen LogP contribution >= 0.6 is 11.6 Å². The molecule has 1 N–H and O–H groups in total. The van der Waals surface area contributed by atoms with Crippen LogP contribution in [-0.4, -0.2) is 85.1 Å². The van der Waals surface area contributed by atoms with Gasteiger partial charge in [-0.2, -0.15) is 0 Å². The van der Waals surface area contributed by atoms with E-state index >= 15 is 0 Å². The van der Waals surface area contributed by atoms with E-state index in [0.29, 0.717) is 60.2 Å². The molecule has 3 atom stereocenters. The maximum Gasteiger partial charge on any atom is 0.408 e. The number of nitrogens with zero attached hydrogens (tertiary/aromatic N) is 2. The van der Waals surface area contributed by atoms with Gasteiger partial charge in [-0.1, -0.05) is 17.7 Å². The van der Waals surface area contributed by atoms with Gasteiger partial charge in [0.25, 0.3) is 0 Å². The van der Waals surface area contributed by atoms with Crippen LogP contribution in [0.15, 0.2) is 24.3 Å². The Hall–Kier alpha value is -3.31. The lowest BCUT2D eigenvalue weighted by Crippen LogP contribution is -2.56. The number of esters is 1. The Morgan fingerprint density at radius 3 is 2.61 bits per heavy atom. The number of para-hydroxylation sites is 1. The second-order valence-electron chi connectivity index (χ2n) is 11.1. The number of hydrogen-bond acceptors (Lipinski definition) is 9. The summed E-state index contributed by atoms with van der Waals surface area (Å²) in [5.41, 5.74) is -0.225. The molecule has 2 saturated heterocycles. The first-order valence-electron chi connectivity index (χ1n) is 13.8. The van der Waals surface area contributed by atoms with Crippen molar-refractivity contribution in [3.05, 3.63) is 29.3 Å². The Morgan fingerprint density at radius 1 is 1.22 bits per heavy atom. The molecule has 0 spiro atoms. The van der Waals surface area contributed by atoms with E-state index in [4.69, 9.17) is 35.3 Å². The summed E-state index contributed by atoms with van der Waals surface area (Å²) in [4.78, 5) is 45.7. The molecule has 4 rings (SSSR count). The first-order valence-corrected chi connectivity index (χ1v) is 14.2. The number of nitrogens with one attached hydrogen (secondary N) is 1. The average molecular weight is 592 g/mol. The molecule has 12 heteroatoms. The fourth-order valence-electron chi connectivity index (χ4n) is 5.19. The molecule has 2 amide bonds. The first-order chi connectivity index (χ1) is 19.5. The first kappa shape index (κ1) is 30.6. The minimum atomic E-state index is -0.912. The van der Waals surface area contributed by atoms with E-state index in [1.807, 2.05) is 13.0 Å². The molecule has 0 saturated carbocycles. The number of alkyl carbamates (subject to hydrolysis) is 1. The number of ether oxygens (including phenoxy) is 5. The van der Waals surface area contributed by atoms with Crippen molar-refractivity contribution >= 4 is 40.5 Å². The molecule has 2 aliphatic heterocycles. The van der Waals surface area contributed by atoms with Crippen molar-refractivity contribution < 1.29 is 38.1 Å². The molecule has 3 heterocycles. The normalized spacial score (nSPS) is 20.4. The molecule has 41 heavy (non-hydrogen) atoms. The van der Waals surface area contributed by atoms with Gasteiger partial charge in [0.15, 0.2) is 0 Å². The number of halogens is 1. The van der Waals surface area contributed by atoms with Gasteiger partial charge in [-0.25, -0.2) is 14.6 Å². The Kier molecular flexibility index (Phi) is 9.80. The summed E-state index contributed by atoms with van der Waals surface area (Å²) in [5, 5.41) is 3.89. The highest BCUT2D eigenvalue weighted by molar-refractivity contribution is 6.35. The quantitative estimate of drug-likeness (QED) is 0.451. The molecule has 0 unspecified atom stereocenters. The van der Waals surface area contributed by atoms with Crippen molar-refractivity contribution in [2.45, 2.75) is 70.7 Å². The lowest BCUT2D eigenvalue weighted by Gasteiger charge is -2.34. The zero-order valence-electron chi connectivity index (χ0n) is 24.1. The average Bonchev–Trinajstić information content (AvgIpc) is 3.35. The van der Waals surface area contributed by atoms with Crippen LogP contribution in [0.5, 0.6) is 11.6 Å². The minimum absolute atomic E-state index is 0.0999. The number of methoxy groups -OCH3 is 1. The van der Waals surface area contributed by atoms with Crippen LogP contribution in [0, 0.1) is 5.92 Å². The van der Waals surface area contributed by atoms with Gasteiger partial charge in [0.05, 0.1) is 30.8 Å². The van der Waals surface area contributed by atoms with E-state index in [9.17, 15) is 14.4 Å². The van der Waals surface area contributed by atoms with Crippen LogP contribution in [0.25, 0.3) is 10.9 Å². The molecule has 2 fully saturated rings. The van der Waals surface area contributed by atoms with Gasteiger partial charge >= 0.3 is 12.1 Å². The van der Waals surface area contributed by atoms with E-state index in [2.05, 4.69) is 10.3 Å². The summed E-state index contributed by atoms with van der Waals surface area (Å²) in [5.74, 6) is -0.342. The number of carbonyl (C=O) groups excluding carboxylic acids is 3. The van der Waals surface area contributed by atoms with E-state index in [1.165, 1.54) is 12.0 Å². The van der Waals surface area contributed by atoms with Crippen LogP contribution in [-0.2, 0) is 23.8 Å². The fraction of sp³-hybridized carbons (Fsp3) is 0.586. The maximum atomic E-state index is 14.1. The van der Waals surface area contributed by atoms with Gasteiger partial charge in [-0.15, -0.1) is 0 Å². The molecular formula is C29H38ClN3O8. The van der Waals surface area contributed by atoms with Gasteiger partial charge in [0.1, 0.15) is 29.5 Å². The number of benzene rings is 1. The van der Waals surface area contributed by atoms with Gasteiger partial charge in [-0.05, 0) is 58.6 Å². The highest BCUT2D eigenvalue weighted by atomic mass is 35.5. The predicted octanol–water partition coefficient (Wildman–Crippen LogP) is 4.13. The number of rotatable bonds is 8. The predicted molar refractivity (Wildman–Crippen MR) is 151 cm³/mol. The summed E-state index contributed by atoms with van der Waals surface area (Å²) in [7, 11) is 1.28. The Bertz CT molecular complexity index is 1260. The summed E-state index contributed by atoms with van der Waals surface area (Å²) in [6.07, 6.45) is 0.0887. The van der Waals surface area contributed by atoms with E-state index in [0.717, 1.165) is 0 Å². The van der Waals surface area contributed by atoms with Crippen molar-refractivity contribution in [2.75, 3.05) is 33.5 Å². The molecule has 1 aromatic carbocycles. The van der Waals surface area contributed by atoms with Crippen LogP contribution in [0.1, 0.15) is 47.0 Å². The van der Waals surface area contributed by atoms with E-state index < -0.39 is 41.8 Å². The SMILES string of the molecule is CCOc1cc(O[C@@H]2C[C@@H](C(=O)OC)N(C(=O)[C@@H](NC(=O)OC(C)(C)C)C3CCOCC3)C2)c2cccc(Cl)c2n1. The van der Waals surface area contributed by atoms with Crippen LogP contribution in [0.4, 0.5) is 4.79 Å². The summed E-state index contributed by atoms with van der Waals surface area (Å²) in [6.45, 7) is 8.54. The molecule has 224 valence electrons. The standard InChI is InChI=1S/C29H38ClN3O8/c1-6-39-23-15-22(19-8-7-9-20(30)25(19)31-23)40-18-14-21(27(35)37-5)33(16-18)26(34)24(17-10-12-38-13-11-17)32-28(36)41-29(2,3)4/h7-9,15,17-18,21,24H,6,10-14,16H2,1-5H3,(H,32,36)/t18-,21+,24+/m1/s1. The third-order valence-corrected chi connectivity index (χ3v) is 7.31. The van der Waals surface area contributed by atoms with Gasteiger partial charge in [0.2, 0.25) is 11.8 Å². The molecule has 0 bridgehead atoms. The molecule has 2 aliphatic rings. The number of amides is 2. The summed E-state index contributed by atoms with van der Waals surface area (Å²) in [6, 6.07) is 5.22. The van der Waals surface area contributed by atoms with Crippen LogP contribution < -0.4 is 14.8 Å². The van der Waals surface area contributed by atoms with Gasteiger partial charge in [-0.3, -0.25) is 4.79 Å². The van der Waals surface area contributed by atoms with E-state index in [1.54, 1.807) is 39.0 Å². The zero-order valence-corrected chi connectivity index (χ0v) is 24.9. The van der Waals surface area contributed by atoms with Crippen molar-refractivity contribution in [1.29, 1.82) is 0 Å². The molecule has 11 nitrogen and oxygen atoms in total. The smallest absolute Gasteiger partial charge is 0.408 e. The topological polar surface area (TPSA) is 126 Å². The van der Waals surface area contributed by atoms with Gasteiger partial charge in [0, 0.05) is 31.1 Å². The highest BCUT2D eigenvalue weighted by Gasteiger charge is 2.46. The lowest BCUT2D eigenvalue weighted by molar-refractivity contribution is -0.152. The van der Waals surface area contributed by atoms with Crippen molar-refractivity contribution in [2.24, 2.45) is 5.92 Å². The van der Waals surface area contributed by atoms with Crippen molar-refractivity contribution in [3.63, 3.8) is 0 Å². The monoisotopic (exact) mass is 591 g/mol. The summed E-state index contributed by atoms with van der Waals surface area (Å²) >= 11 is 6.41. The number of carbonyl (C=O) groups is 3. The van der Waals surface area contributed by atoms with E-state index in [-0.39, 0.29) is 18.9 Å². The Balaban J connectivity index is 1.62. The molecular weight excluding hydrogens is 554 g/mol. The second kappa shape index (κ2) is 13.1. The Morgan fingerprint density at radius 2 is 1.95 bits per heavy atom. The molecule has 1 aromatic heterocycles. The molecule has 2 aromatic rings. The summed E-state index contributed by atoms with van der Waals surface area (Å²) < 4.78 is 28.0. The lowest BCUT2D eigenvalue weighted by atomic mass is 9.90.